The van der Waals surface area contributed by atoms with Crippen LogP contribution in [0.25, 0.3) is 0 Å². The minimum absolute atomic E-state index is 0.0125. The van der Waals surface area contributed by atoms with E-state index in [9.17, 15) is 14.4 Å². The SMILES string of the molecule is O=C(OCc1ccccc1)[C@@H]1CCC(Cc2ccccc2)C(=O)N1C(=O)OCc1ccccc1. The molecule has 4 rings (SSSR count). The topological polar surface area (TPSA) is 72.9 Å². The van der Waals surface area contributed by atoms with Crippen LogP contribution in [0.15, 0.2) is 91.0 Å². The number of amides is 2. The molecule has 2 amide bonds. The molecule has 0 spiro atoms. The molecule has 1 fully saturated rings. The first-order valence-electron chi connectivity index (χ1n) is 11.4. The second kappa shape index (κ2) is 11.3. The largest absolute Gasteiger partial charge is 0.459 e. The second-order valence-electron chi connectivity index (χ2n) is 8.32. The lowest BCUT2D eigenvalue weighted by atomic mass is 9.87. The quantitative estimate of drug-likeness (QED) is 0.471. The van der Waals surface area contributed by atoms with Crippen molar-refractivity contribution >= 4 is 18.0 Å². The summed E-state index contributed by atoms with van der Waals surface area (Å²) in [4.78, 5) is 40.3. The maximum atomic E-state index is 13.4. The van der Waals surface area contributed by atoms with Gasteiger partial charge in [0.05, 0.1) is 0 Å². The van der Waals surface area contributed by atoms with Crippen molar-refractivity contribution in [3.8, 4) is 0 Å². The number of carbonyl (C=O) groups excluding carboxylic acids is 3. The molecule has 174 valence electrons. The number of likely N-dealkylation sites (tertiary alicyclic amines) is 1. The van der Waals surface area contributed by atoms with Crippen molar-refractivity contribution in [1.82, 2.24) is 4.90 Å². The number of carbonyl (C=O) groups is 3. The summed E-state index contributed by atoms with van der Waals surface area (Å²) in [6, 6.07) is 27.1. The van der Waals surface area contributed by atoms with E-state index in [-0.39, 0.29) is 13.2 Å². The molecule has 1 aliphatic heterocycles. The van der Waals surface area contributed by atoms with Gasteiger partial charge in [-0.2, -0.15) is 0 Å². The molecule has 0 aliphatic carbocycles. The van der Waals surface area contributed by atoms with Gasteiger partial charge in [-0.05, 0) is 36.0 Å². The predicted molar refractivity (Wildman–Crippen MR) is 126 cm³/mol. The van der Waals surface area contributed by atoms with E-state index in [1.807, 2.05) is 91.0 Å². The van der Waals surface area contributed by atoms with Crippen LogP contribution < -0.4 is 0 Å². The standard InChI is InChI=1S/C28H27NO5/c30-26-24(18-21-10-4-1-5-11-21)16-17-25(27(31)33-19-22-12-6-2-7-13-22)29(26)28(32)34-20-23-14-8-3-9-15-23/h1-15,24-25H,16-20H2/t24?,25-/m0/s1. The molecule has 0 saturated carbocycles. The number of hydrogen-bond donors (Lipinski definition) is 0. The Bertz CT molecular complexity index is 1100. The van der Waals surface area contributed by atoms with Crippen molar-refractivity contribution < 1.29 is 23.9 Å². The van der Waals surface area contributed by atoms with Crippen LogP contribution >= 0.6 is 0 Å². The fourth-order valence-corrected chi connectivity index (χ4v) is 4.10. The smallest absolute Gasteiger partial charge is 0.417 e. The van der Waals surface area contributed by atoms with Crippen LogP contribution in [0, 0.1) is 5.92 Å². The molecular formula is C28H27NO5. The molecule has 0 aromatic heterocycles. The van der Waals surface area contributed by atoms with Gasteiger partial charge in [-0.15, -0.1) is 0 Å². The third-order valence-electron chi connectivity index (χ3n) is 5.91. The fraction of sp³-hybridized carbons (Fsp3) is 0.250. The van der Waals surface area contributed by atoms with Gasteiger partial charge in [0.25, 0.3) is 0 Å². The first-order chi connectivity index (χ1) is 16.6. The number of benzene rings is 3. The summed E-state index contributed by atoms with van der Waals surface area (Å²) < 4.78 is 10.9. The molecule has 2 atom stereocenters. The second-order valence-corrected chi connectivity index (χ2v) is 8.32. The Balaban J connectivity index is 1.48. The summed E-state index contributed by atoms with van der Waals surface area (Å²) in [5.74, 6) is -1.42. The zero-order valence-electron chi connectivity index (χ0n) is 18.8. The highest BCUT2D eigenvalue weighted by Crippen LogP contribution is 2.28. The van der Waals surface area contributed by atoms with Crippen molar-refractivity contribution in [3.05, 3.63) is 108 Å². The van der Waals surface area contributed by atoms with Crippen LogP contribution in [-0.4, -0.2) is 28.9 Å². The molecule has 0 radical (unpaired) electrons. The van der Waals surface area contributed by atoms with Gasteiger partial charge < -0.3 is 9.47 Å². The number of esters is 1. The zero-order valence-corrected chi connectivity index (χ0v) is 18.8. The van der Waals surface area contributed by atoms with Crippen LogP contribution in [0.4, 0.5) is 4.79 Å². The number of nitrogens with zero attached hydrogens (tertiary/aromatic N) is 1. The van der Waals surface area contributed by atoms with Crippen molar-refractivity contribution in [2.75, 3.05) is 0 Å². The highest BCUT2D eigenvalue weighted by Gasteiger charge is 2.44. The highest BCUT2D eigenvalue weighted by atomic mass is 16.6. The Hall–Kier alpha value is -3.93. The van der Waals surface area contributed by atoms with Crippen LogP contribution in [-0.2, 0) is 38.7 Å². The van der Waals surface area contributed by atoms with Crippen LogP contribution in [0.1, 0.15) is 29.5 Å². The maximum absolute atomic E-state index is 13.4. The number of imide groups is 1. The molecule has 0 bridgehead atoms. The number of rotatable bonds is 7. The van der Waals surface area contributed by atoms with Gasteiger partial charge in [0.2, 0.25) is 5.91 Å². The predicted octanol–water partition coefficient (Wildman–Crippen LogP) is 4.92. The molecular weight excluding hydrogens is 430 g/mol. The van der Waals surface area contributed by atoms with Gasteiger partial charge in [-0.3, -0.25) is 4.79 Å². The number of hydrogen-bond acceptors (Lipinski definition) is 5. The van der Waals surface area contributed by atoms with Crippen LogP contribution in [0.3, 0.4) is 0 Å². The summed E-state index contributed by atoms with van der Waals surface area (Å²) in [6.45, 7) is 0.0866. The lowest BCUT2D eigenvalue weighted by molar-refractivity contribution is -0.159. The molecule has 3 aromatic carbocycles. The van der Waals surface area contributed by atoms with E-state index in [2.05, 4.69) is 0 Å². The normalized spacial score (nSPS) is 17.8. The van der Waals surface area contributed by atoms with Gasteiger partial charge in [0.1, 0.15) is 19.3 Å². The Labute approximate surface area is 199 Å². The zero-order chi connectivity index (χ0) is 23.8. The third kappa shape index (κ3) is 5.90. The molecule has 6 heteroatoms. The Kier molecular flexibility index (Phi) is 7.71. The fourth-order valence-electron chi connectivity index (χ4n) is 4.10. The first kappa shape index (κ1) is 23.2. The van der Waals surface area contributed by atoms with Crippen LogP contribution in [0.5, 0.6) is 0 Å². The van der Waals surface area contributed by atoms with Crippen molar-refractivity contribution in [2.24, 2.45) is 5.92 Å². The monoisotopic (exact) mass is 457 g/mol. The lowest BCUT2D eigenvalue weighted by Crippen LogP contribution is -2.55. The van der Waals surface area contributed by atoms with Gasteiger partial charge in [0.15, 0.2) is 0 Å². The van der Waals surface area contributed by atoms with E-state index in [1.54, 1.807) is 0 Å². The van der Waals surface area contributed by atoms with Gasteiger partial charge in [0, 0.05) is 5.92 Å². The van der Waals surface area contributed by atoms with E-state index in [0.717, 1.165) is 21.6 Å². The number of ether oxygens (including phenoxy) is 2. The molecule has 1 unspecified atom stereocenters. The minimum atomic E-state index is -1.01. The lowest BCUT2D eigenvalue weighted by Gasteiger charge is -2.35. The highest BCUT2D eigenvalue weighted by molar-refractivity contribution is 5.98. The van der Waals surface area contributed by atoms with Crippen LogP contribution in [0.2, 0.25) is 0 Å². The molecule has 0 N–H and O–H groups in total. The average molecular weight is 458 g/mol. The Morgan fingerprint density at radius 1 is 0.706 bits per heavy atom. The van der Waals surface area contributed by atoms with E-state index >= 15 is 0 Å². The third-order valence-corrected chi connectivity index (χ3v) is 5.91. The minimum Gasteiger partial charge on any atom is -0.459 e. The van der Waals surface area contributed by atoms with Crippen molar-refractivity contribution in [1.29, 1.82) is 0 Å². The van der Waals surface area contributed by atoms with Gasteiger partial charge in [-0.1, -0.05) is 91.0 Å². The summed E-state index contributed by atoms with van der Waals surface area (Å²) in [6.07, 6.45) is 0.486. The molecule has 1 saturated heterocycles. The van der Waals surface area contributed by atoms with Crippen molar-refractivity contribution in [3.63, 3.8) is 0 Å². The van der Waals surface area contributed by atoms with Gasteiger partial charge >= 0.3 is 12.1 Å². The van der Waals surface area contributed by atoms with E-state index in [0.29, 0.717) is 19.3 Å². The summed E-state index contributed by atoms with van der Waals surface area (Å²) in [5, 5.41) is 0. The molecule has 1 heterocycles. The molecule has 3 aromatic rings. The van der Waals surface area contributed by atoms with E-state index in [1.165, 1.54) is 0 Å². The summed E-state index contributed by atoms with van der Waals surface area (Å²) >= 11 is 0. The molecule has 34 heavy (non-hydrogen) atoms. The van der Waals surface area contributed by atoms with Gasteiger partial charge in [-0.25, -0.2) is 14.5 Å². The summed E-state index contributed by atoms with van der Waals surface area (Å²) in [5.41, 5.74) is 2.63. The first-order valence-corrected chi connectivity index (χ1v) is 11.4. The summed E-state index contributed by atoms with van der Waals surface area (Å²) in [7, 11) is 0. The van der Waals surface area contributed by atoms with E-state index in [4.69, 9.17) is 9.47 Å². The molecule has 1 aliphatic rings. The van der Waals surface area contributed by atoms with Crippen molar-refractivity contribution in [2.45, 2.75) is 38.5 Å². The maximum Gasteiger partial charge on any atom is 0.417 e. The average Bonchev–Trinajstić information content (AvgIpc) is 2.88. The number of piperidine rings is 1. The Morgan fingerprint density at radius 2 is 1.21 bits per heavy atom. The molecule has 6 nitrogen and oxygen atoms in total. The Morgan fingerprint density at radius 3 is 1.76 bits per heavy atom. The van der Waals surface area contributed by atoms with E-state index < -0.39 is 29.9 Å².